The molecule has 2 aliphatic heterocycles. The first-order valence-electron chi connectivity index (χ1n) is 11.7. The molecule has 1 aromatic carbocycles. The monoisotopic (exact) mass is 466 g/mol. The molecule has 0 unspecified atom stereocenters. The molecule has 1 amide bonds. The molecule has 0 bridgehead atoms. The van der Waals surface area contributed by atoms with Crippen LogP contribution in [0, 0.1) is 0 Å². The van der Waals surface area contributed by atoms with E-state index >= 15 is 0 Å². The lowest BCUT2D eigenvalue weighted by Crippen LogP contribution is -2.39. The molecule has 5 rings (SSSR count). The van der Waals surface area contributed by atoms with E-state index in [-0.39, 0.29) is 11.6 Å². The number of amides is 1. The van der Waals surface area contributed by atoms with Crippen LogP contribution in [0.2, 0.25) is 0 Å². The Bertz CT molecular complexity index is 1140. The molecular formula is C24H30N6O4. The number of nitrogens with zero attached hydrogens (tertiary/aromatic N) is 5. The molecule has 180 valence electrons. The van der Waals surface area contributed by atoms with E-state index in [9.17, 15) is 4.79 Å². The van der Waals surface area contributed by atoms with Gasteiger partial charge in [0.05, 0.1) is 26.4 Å². The molecule has 4 heterocycles. The van der Waals surface area contributed by atoms with Crippen LogP contribution in [0.3, 0.4) is 0 Å². The van der Waals surface area contributed by atoms with Gasteiger partial charge in [0, 0.05) is 63.2 Å². The minimum absolute atomic E-state index is 0.268. The number of hydrogen-bond donors (Lipinski definition) is 1. The molecule has 3 aromatic rings. The average molecular weight is 467 g/mol. The van der Waals surface area contributed by atoms with E-state index in [2.05, 4.69) is 20.2 Å². The highest BCUT2D eigenvalue weighted by Crippen LogP contribution is 2.22. The van der Waals surface area contributed by atoms with Crippen LogP contribution in [0.4, 0.5) is 11.6 Å². The Kier molecular flexibility index (Phi) is 6.89. The Hall–Kier alpha value is -3.21. The van der Waals surface area contributed by atoms with E-state index in [4.69, 9.17) is 14.2 Å². The molecular weight excluding hydrogens is 436 g/mol. The lowest BCUT2D eigenvalue weighted by atomic mass is 10.2. The van der Waals surface area contributed by atoms with Crippen LogP contribution in [0.5, 0.6) is 5.88 Å². The molecule has 2 fully saturated rings. The zero-order valence-electron chi connectivity index (χ0n) is 19.4. The maximum Gasteiger partial charge on any atom is 0.274 e. The third-order valence-electron chi connectivity index (χ3n) is 6.12. The van der Waals surface area contributed by atoms with Crippen molar-refractivity contribution in [1.82, 2.24) is 19.4 Å². The first kappa shape index (κ1) is 22.6. The fourth-order valence-corrected chi connectivity index (χ4v) is 4.15. The number of hydrogen-bond acceptors (Lipinski definition) is 8. The highest BCUT2D eigenvalue weighted by atomic mass is 16.5. The van der Waals surface area contributed by atoms with Gasteiger partial charge in [0.25, 0.3) is 5.91 Å². The Labute approximate surface area is 198 Å². The van der Waals surface area contributed by atoms with Gasteiger partial charge >= 0.3 is 0 Å². The van der Waals surface area contributed by atoms with E-state index in [1.165, 1.54) is 0 Å². The summed E-state index contributed by atoms with van der Waals surface area (Å²) in [5.41, 5.74) is 2.02. The van der Waals surface area contributed by atoms with E-state index in [0.29, 0.717) is 50.4 Å². The normalized spacial score (nSPS) is 17.1. The SMILES string of the molecule is Cn1ccc2ccc(NC(=O)c3cc(OCCN4CCOCC4)nc(N4CCOCC4)n3)cc21. The predicted octanol–water partition coefficient (Wildman–Crippen LogP) is 1.77. The van der Waals surface area contributed by atoms with Gasteiger partial charge in [-0.3, -0.25) is 9.69 Å². The second-order valence-corrected chi connectivity index (χ2v) is 8.45. The van der Waals surface area contributed by atoms with Crippen molar-refractivity contribution in [1.29, 1.82) is 0 Å². The smallest absolute Gasteiger partial charge is 0.274 e. The number of rotatable bonds is 7. The number of morpholine rings is 2. The topological polar surface area (TPSA) is 94.0 Å². The average Bonchev–Trinajstić information content (AvgIpc) is 3.25. The molecule has 0 spiro atoms. The Morgan fingerprint density at radius 3 is 2.59 bits per heavy atom. The van der Waals surface area contributed by atoms with Crippen LogP contribution in [-0.2, 0) is 16.5 Å². The molecule has 10 nitrogen and oxygen atoms in total. The summed E-state index contributed by atoms with van der Waals surface area (Å²) in [6.07, 6.45) is 2.00. The number of nitrogens with one attached hydrogen (secondary N) is 1. The van der Waals surface area contributed by atoms with Gasteiger partial charge in [-0.05, 0) is 23.6 Å². The quantitative estimate of drug-likeness (QED) is 0.563. The van der Waals surface area contributed by atoms with Gasteiger partial charge < -0.3 is 29.0 Å². The largest absolute Gasteiger partial charge is 0.476 e. The number of aromatic nitrogens is 3. The Balaban J connectivity index is 1.33. The first-order valence-corrected chi connectivity index (χ1v) is 11.7. The second kappa shape index (κ2) is 10.4. The summed E-state index contributed by atoms with van der Waals surface area (Å²) >= 11 is 0. The van der Waals surface area contributed by atoms with E-state index < -0.39 is 0 Å². The van der Waals surface area contributed by atoms with Crippen molar-refractivity contribution in [3.63, 3.8) is 0 Å². The van der Waals surface area contributed by atoms with E-state index in [0.717, 1.165) is 43.8 Å². The number of aryl methyl sites for hydroxylation is 1. The second-order valence-electron chi connectivity index (χ2n) is 8.45. The van der Waals surface area contributed by atoms with Crippen LogP contribution >= 0.6 is 0 Å². The lowest BCUT2D eigenvalue weighted by molar-refractivity contribution is 0.0320. The fraction of sp³-hybridized carbons (Fsp3) is 0.458. The van der Waals surface area contributed by atoms with E-state index in [1.807, 2.05) is 47.0 Å². The molecule has 0 radical (unpaired) electrons. The summed E-state index contributed by atoms with van der Waals surface area (Å²) in [7, 11) is 1.98. The summed E-state index contributed by atoms with van der Waals surface area (Å²) in [4.78, 5) is 26.6. The van der Waals surface area contributed by atoms with E-state index in [1.54, 1.807) is 6.07 Å². The zero-order valence-corrected chi connectivity index (χ0v) is 19.4. The minimum atomic E-state index is -0.302. The van der Waals surface area contributed by atoms with Crippen LogP contribution < -0.4 is 15.0 Å². The summed E-state index contributed by atoms with van der Waals surface area (Å²) in [5.74, 6) is 0.575. The summed E-state index contributed by atoms with van der Waals surface area (Å²) in [6, 6.07) is 9.49. The highest BCUT2D eigenvalue weighted by Gasteiger charge is 2.20. The van der Waals surface area contributed by atoms with Gasteiger partial charge in [0.1, 0.15) is 12.3 Å². The number of carbonyl (C=O) groups is 1. The van der Waals surface area contributed by atoms with Crippen molar-refractivity contribution < 1.29 is 19.0 Å². The third kappa shape index (κ3) is 5.30. The van der Waals surface area contributed by atoms with Gasteiger partial charge in [-0.2, -0.15) is 4.98 Å². The standard InChI is InChI=1S/C24H30N6O4/c1-28-5-4-18-2-3-19(16-21(18)28)25-23(31)20-17-22(34-15-8-29-6-11-32-12-7-29)27-24(26-20)30-9-13-33-14-10-30/h2-5,16-17H,6-15H2,1H3,(H,25,31). The van der Waals surface area contributed by atoms with Crippen molar-refractivity contribution in [3.8, 4) is 5.88 Å². The number of carbonyl (C=O) groups excluding carboxylic acids is 1. The van der Waals surface area contributed by atoms with Crippen molar-refractivity contribution in [2.75, 3.05) is 76.0 Å². The molecule has 2 aliphatic rings. The van der Waals surface area contributed by atoms with Gasteiger partial charge in [-0.15, -0.1) is 0 Å². The van der Waals surface area contributed by atoms with Gasteiger partial charge in [0.15, 0.2) is 0 Å². The summed E-state index contributed by atoms with van der Waals surface area (Å²) in [6.45, 7) is 7.07. The van der Waals surface area contributed by atoms with Crippen LogP contribution in [0.25, 0.3) is 10.9 Å². The van der Waals surface area contributed by atoms with Crippen molar-refractivity contribution in [2.24, 2.45) is 7.05 Å². The fourth-order valence-electron chi connectivity index (χ4n) is 4.15. The molecule has 0 atom stereocenters. The van der Waals surface area contributed by atoms with Crippen LogP contribution in [0.15, 0.2) is 36.5 Å². The van der Waals surface area contributed by atoms with Crippen molar-refractivity contribution in [2.45, 2.75) is 0 Å². The molecule has 34 heavy (non-hydrogen) atoms. The third-order valence-corrected chi connectivity index (χ3v) is 6.12. The van der Waals surface area contributed by atoms with Crippen molar-refractivity contribution >= 4 is 28.4 Å². The van der Waals surface area contributed by atoms with Gasteiger partial charge in [0.2, 0.25) is 11.8 Å². The molecule has 1 N–H and O–H groups in total. The predicted molar refractivity (Wildman–Crippen MR) is 129 cm³/mol. The molecule has 10 heteroatoms. The maximum absolute atomic E-state index is 13.2. The zero-order chi connectivity index (χ0) is 23.3. The van der Waals surface area contributed by atoms with Crippen LogP contribution in [-0.4, -0.2) is 91.1 Å². The Morgan fingerprint density at radius 1 is 1.03 bits per heavy atom. The minimum Gasteiger partial charge on any atom is -0.476 e. The first-order chi connectivity index (χ1) is 16.7. The van der Waals surface area contributed by atoms with Crippen LogP contribution in [0.1, 0.15) is 10.5 Å². The van der Waals surface area contributed by atoms with Gasteiger partial charge in [-0.25, -0.2) is 4.98 Å². The molecule has 2 saturated heterocycles. The molecule has 0 aliphatic carbocycles. The number of benzene rings is 1. The molecule has 0 saturated carbocycles. The lowest BCUT2D eigenvalue weighted by Gasteiger charge is -2.27. The summed E-state index contributed by atoms with van der Waals surface area (Å²) in [5, 5.41) is 4.09. The van der Waals surface area contributed by atoms with Crippen molar-refractivity contribution in [3.05, 3.63) is 42.2 Å². The maximum atomic E-state index is 13.2. The Morgan fingerprint density at radius 2 is 1.79 bits per heavy atom. The summed E-state index contributed by atoms with van der Waals surface area (Å²) < 4.78 is 18.8. The number of anilines is 2. The van der Waals surface area contributed by atoms with Gasteiger partial charge in [-0.1, -0.05) is 6.07 Å². The highest BCUT2D eigenvalue weighted by molar-refractivity contribution is 6.04. The number of ether oxygens (including phenoxy) is 3. The molecule has 2 aromatic heterocycles. The number of fused-ring (bicyclic) bond motifs is 1.